The first-order valence-corrected chi connectivity index (χ1v) is 5.64. The lowest BCUT2D eigenvalue weighted by molar-refractivity contribution is 0.0502. The van der Waals surface area contributed by atoms with Crippen LogP contribution in [0.25, 0.3) is 0 Å². The smallest absolute Gasteiger partial charge is 0.0752 e. The van der Waals surface area contributed by atoms with Crippen LogP contribution in [-0.4, -0.2) is 26.3 Å². The van der Waals surface area contributed by atoms with Gasteiger partial charge in [0.2, 0.25) is 0 Å². The molecule has 1 aliphatic rings. The Hall–Kier alpha value is -0.340. The van der Waals surface area contributed by atoms with Crippen LogP contribution in [0.5, 0.6) is 0 Å². The molecule has 0 radical (unpaired) electrons. The molecule has 0 heterocycles. The van der Waals surface area contributed by atoms with Gasteiger partial charge in [0.1, 0.15) is 0 Å². The first-order valence-electron chi connectivity index (χ1n) is 5.64. The second-order valence-corrected chi connectivity index (χ2v) is 4.15. The van der Waals surface area contributed by atoms with Crippen LogP contribution in [0.15, 0.2) is 12.7 Å². The first kappa shape index (κ1) is 11.7. The lowest BCUT2D eigenvalue weighted by Crippen LogP contribution is -2.40. The van der Waals surface area contributed by atoms with E-state index in [4.69, 9.17) is 4.74 Å². The van der Waals surface area contributed by atoms with Gasteiger partial charge in [-0.15, -0.1) is 6.58 Å². The third-order valence-electron chi connectivity index (χ3n) is 3.05. The summed E-state index contributed by atoms with van der Waals surface area (Å²) in [5.74, 6) is 0.807. The van der Waals surface area contributed by atoms with Gasteiger partial charge in [-0.3, -0.25) is 0 Å². The molecule has 0 bridgehead atoms. The lowest BCUT2D eigenvalue weighted by Gasteiger charge is -2.25. The number of rotatable bonds is 8. The van der Waals surface area contributed by atoms with E-state index in [1.807, 2.05) is 20.2 Å². The summed E-state index contributed by atoms with van der Waals surface area (Å²) in [7, 11) is 3.87. The van der Waals surface area contributed by atoms with Gasteiger partial charge in [-0.1, -0.05) is 6.08 Å². The van der Waals surface area contributed by atoms with Crippen molar-refractivity contribution < 1.29 is 4.74 Å². The predicted molar refractivity (Wildman–Crippen MR) is 60.4 cm³/mol. The normalized spacial score (nSPS) is 20.4. The molecule has 0 amide bonds. The molecule has 0 aromatic rings. The third kappa shape index (κ3) is 3.43. The van der Waals surface area contributed by atoms with Crippen molar-refractivity contribution in [1.82, 2.24) is 5.32 Å². The topological polar surface area (TPSA) is 21.3 Å². The van der Waals surface area contributed by atoms with E-state index in [0.29, 0.717) is 12.1 Å². The van der Waals surface area contributed by atoms with Gasteiger partial charge in [-0.25, -0.2) is 0 Å². The summed E-state index contributed by atoms with van der Waals surface area (Å²) in [6.45, 7) is 3.74. The monoisotopic (exact) mass is 197 g/mol. The zero-order valence-corrected chi connectivity index (χ0v) is 9.46. The predicted octanol–water partition coefficient (Wildman–Crippen LogP) is 2.36. The number of nitrogens with one attached hydrogen (secondary N) is 1. The third-order valence-corrected chi connectivity index (χ3v) is 3.05. The number of allylic oxidation sites excluding steroid dienone is 1. The highest BCUT2D eigenvalue weighted by Crippen LogP contribution is 2.36. The zero-order valence-electron chi connectivity index (χ0n) is 9.46. The highest BCUT2D eigenvalue weighted by Gasteiger charge is 2.35. The Bertz CT molecular complexity index is 166. The second-order valence-electron chi connectivity index (χ2n) is 4.15. The van der Waals surface area contributed by atoms with Gasteiger partial charge in [0.25, 0.3) is 0 Å². The van der Waals surface area contributed by atoms with Crippen molar-refractivity contribution in [2.24, 2.45) is 5.92 Å². The molecule has 0 aromatic heterocycles. The van der Waals surface area contributed by atoms with E-state index in [1.54, 1.807) is 0 Å². The SMILES string of the molecule is C=CCCCC(NC)C(OC)C1CC1. The second kappa shape index (κ2) is 6.20. The molecule has 1 saturated carbocycles. The summed E-state index contributed by atoms with van der Waals surface area (Å²) in [6.07, 6.45) is 8.62. The molecule has 1 aliphatic carbocycles. The molecule has 0 aliphatic heterocycles. The summed E-state index contributed by atoms with van der Waals surface area (Å²) < 4.78 is 5.57. The number of unbranched alkanes of at least 4 members (excludes halogenated alkanes) is 1. The molecule has 0 aromatic carbocycles. The maximum Gasteiger partial charge on any atom is 0.0752 e. The molecule has 82 valence electrons. The van der Waals surface area contributed by atoms with Crippen LogP contribution >= 0.6 is 0 Å². The highest BCUT2D eigenvalue weighted by atomic mass is 16.5. The van der Waals surface area contributed by atoms with Crippen molar-refractivity contribution >= 4 is 0 Å². The fourth-order valence-corrected chi connectivity index (χ4v) is 2.06. The number of hydrogen-bond acceptors (Lipinski definition) is 2. The van der Waals surface area contributed by atoms with Gasteiger partial charge < -0.3 is 10.1 Å². The Labute approximate surface area is 87.7 Å². The highest BCUT2D eigenvalue weighted by molar-refractivity contribution is 4.89. The molecule has 0 saturated heterocycles. The van der Waals surface area contributed by atoms with Crippen molar-refractivity contribution in [2.75, 3.05) is 14.2 Å². The molecule has 2 unspecified atom stereocenters. The average Bonchev–Trinajstić information content (AvgIpc) is 3.01. The van der Waals surface area contributed by atoms with Gasteiger partial charge in [0.15, 0.2) is 0 Å². The Kier molecular flexibility index (Phi) is 5.20. The van der Waals surface area contributed by atoms with Gasteiger partial charge in [-0.05, 0) is 45.1 Å². The quantitative estimate of drug-likeness (QED) is 0.476. The fraction of sp³-hybridized carbons (Fsp3) is 0.833. The van der Waals surface area contributed by atoms with Crippen LogP contribution in [0.2, 0.25) is 0 Å². The summed E-state index contributed by atoms with van der Waals surface area (Å²) >= 11 is 0. The molecule has 1 fully saturated rings. The van der Waals surface area contributed by atoms with Crippen molar-refractivity contribution in [3.63, 3.8) is 0 Å². The van der Waals surface area contributed by atoms with Crippen LogP contribution in [-0.2, 0) is 4.74 Å². The van der Waals surface area contributed by atoms with Gasteiger partial charge in [0, 0.05) is 13.2 Å². The van der Waals surface area contributed by atoms with E-state index in [-0.39, 0.29) is 0 Å². The molecule has 1 N–H and O–H groups in total. The number of likely N-dealkylation sites (N-methyl/N-ethyl adjacent to an activating group) is 1. The Morgan fingerprint density at radius 3 is 2.71 bits per heavy atom. The Morgan fingerprint density at radius 2 is 2.29 bits per heavy atom. The van der Waals surface area contributed by atoms with E-state index < -0.39 is 0 Å². The standard InChI is InChI=1S/C12H23NO/c1-4-5-6-7-11(13-2)12(14-3)10-8-9-10/h4,10-13H,1,5-9H2,2-3H3. The minimum absolute atomic E-state index is 0.421. The molecular formula is C12H23NO. The fourth-order valence-electron chi connectivity index (χ4n) is 2.06. The summed E-state index contributed by atoms with van der Waals surface area (Å²) in [6, 6.07) is 0.521. The van der Waals surface area contributed by atoms with Crippen molar-refractivity contribution in [3.8, 4) is 0 Å². The van der Waals surface area contributed by atoms with Gasteiger partial charge >= 0.3 is 0 Å². The number of hydrogen-bond donors (Lipinski definition) is 1. The van der Waals surface area contributed by atoms with Gasteiger partial charge in [-0.2, -0.15) is 0 Å². The molecular weight excluding hydrogens is 174 g/mol. The number of ether oxygens (including phenoxy) is 1. The molecule has 2 nitrogen and oxygen atoms in total. The van der Waals surface area contributed by atoms with E-state index in [9.17, 15) is 0 Å². The number of methoxy groups -OCH3 is 1. The van der Waals surface area contributed by atoms with Crippen LogP contribution in [0.4, 0.5) is 0 Å². The van der Waals surface area contributed by atoms with E-state index in [2.05, 4.69) is 11.9 Å². The summed E-state index contributed by atoms with van der Waals surface area (Å²) in [5, 5.41) is 3.37. The summed E-state index contributed by atoms with van der Waals surface area (Å²) in [4.78, 5) is 0. The van der Waals surface area contributed by atoms with E-state index >= 15 is 0 Å². The first-order chi connectivity index (χ1) is 6.83. The zero-order chi connectivity index (χ0) is 10.4. The van der Waals surface area contributed by atoms with Crippen LogP contribution < -0.4 is 5.32 Å². The summed E-state index contributed by atoms with van der Waals surface area (Å²) in [5.41, 5.74) is 0. The molecule has 1 rings (SSSR count). The molecule has 14 heavy (non-hydrogen) atoms. The van der Waals surface area contributed by atoms with E-state index in [0.717, 1.165) is 12.3 Å². The maximum atomic E-state index is 5.57. The molecule has 0 spiro atoms. The van der Waals surface area contributed by atoms with Gasteiger partial charge in [0.05, 0.1) is 6.10 Å². The Morgan fingerprint density at radius 1 is 1.57 bits per heavy atom. The largest absolute Gasteiger partial charge is 0.380 e. The van der Waals surface area contributed by atoms with Crippen LogP contribution in [0.1, 0.15) is 32.1 Å². The average molecular weight is 197 g/mol. The Balaban J connectivity index is 2.29. The van der Waals surface area contributed by atoms with Crippen LogP contribution in [0, 0.1) is 5.92 Å². The van der Waals surface area contributed by atoms with Crippen molar-refractivity contribution in [1.29, 1.82) is 0 Å². The van der Waals surface area contributed by atoms with Crippen molar-refractivity contribution in [3.05, 3.63) is 12.7 Å². The lowest BCUT2D eigenvalue weighted by atomic mass is 10.0. The van der Waals surface area contributed by atoms with Crippen molar-refractivity contribution in [2.45, 2.75) is 44.2 Å². The minimum atomic E-state index is 0.421. The minimum Gasteiger partial charge on any atom is -0.380 e. The molecule has 2 heteroatoms. The van der Waals surface area contributed by atoms with E-state index in [1.165, 1.54) is 25.7 Å². The maximum absolute atomic E-state index is 5.57. The molecule has 2 atom stereocenters. The van der Waals surface area contributed by atoms with Crippen LogP contribution in [0.3, 0.4) is 0 Å².